The molecule has 1 aliphatic carbocycles. The number of nitrogens with one attached hydrogen (secondary N) is 1. The highest BCUT2D eigenvalue weighted by molar-refractivity contribution is 5.89. The molecule has 2 N–H and O–H groups in total. The molecule has 0 heterocycles. The highest BCUT2D eigenvalue weighted by Crippen LogP contribution is 2.32. The molecule has 0 saturated heterocycles. The molecular formula is C10H17NO2. The fourth-order valence-electron chi connectivity index (χ4n) is 1.95. The molecule has 0 amide bonds. The Morgan fingerprint density at radius 2 is 2.31 bits per heavy atom. The van der Waals surface area contributed by atoms with Gasteiger partial charge in [-0.2, -0.15) is 0 Å². The van der Waals surface area contributed by atoms with E-state index in [9.17, 15) is 9.90 Å². The molecule has 1 unspecified atom stereocenters. The summed E-state index contributed by atoms with van der Waals surface area (Å²) in [5, 5.41) is 17.2. The molecule has 0 aromatic heterocycles. The summed E-state index contributed by atoms with van der Waals surface area (Å²) in [7, 11) is 0. The van der Waals surface area contributed by atoms with E-state index in [2.05, 4.69) is 0 Å². The van der Waals surface area contributed by atoms with Gasteiger partial charge in [-0.05, 0) is 39.0 Å². The minimum absolute atomic E-state index is 0.0137. The molecular weight excluding hydrogens is 166 g/mol. The van der Waals surface area contributed by atoms with Crippen LogP contribution in [0.25, 0.3) is 0 Å². The van der Waals surface area contributed by atoms with Crippen LogP contribution in [0.4, 0.5) is 0 Å². The first-order valence-electron chi connectivity index (χ1n) is 4.67. The third kappa shape index (κ3) is 2.92. The van der Waals surface area contributed by atoms with Crippen LogP contribution < -0.4 is 0 Å². The third-order valence-electron chi connectivity index (χ3n) is 2.50. The zero-order chi connectivity index (χ0) is 10.1. The zero-order valence-electron chi connectivity index (χ0n) is 8.21. The van der Waals surface area contributed by atoms with Gasteiger partial charge in [0, 0.05) is 11.6 Å². The van der Waals surface area contributed by atoms with E-state index in [1.807, 2.05) is 0 Å². The lowest BCUT2D eigenvalue weighted by molar-refractivity contribution is -0.111. The first kappa shape index (κ1) is 10.4. The fourth-order valence-corrected chi connectivity index (χ4v) is 1.95. The van der Waals surface area contributed by atoms with E-state index in [1.54, 1.807) is 13.8 Å². The van der Waals surface area contributed by atoms with Crippen LogP contribution in [0.15, 0.2) is 0 Å². The van der Waals surface area contributed by atoms with Crippen LogP contribution in [0.5, 0.6) is 0 Å². The predicted molar refractivity (Wildman–Crippen MR) is 50.9 cm³/mol. The van der Waals surface area contributed by atoms with Gasteiger partial charge in [-0.1, -0.05) is 0 Å². The molecule has 1 saturated carbocycles. The van der Waals surface area contributed by atoms with Crippen LogP contribution in [0.3, 0.4) is 0 Å². The van der Waals surface area contributed by atoms with E-state index in [4.69, 9.17) is 5.41 Å². The first-order chi connectivity index (χ1) is 5.92. The molecule has 0 bridgehead atoms. The van der Waals surface area contributed by atoms with Crippen molar-refractivity contribution in [3.8, 4) is 0 Å². The Hall–Kier alpha value is -0.700. The zero-order valence-corrected chi connectivity index (χ0v) is 8.21. The molecule has 3 heteroatoms. The van der Waals surface area contributed by atoms with Crippen molar-refractivity contribution >= 4 is 12.0 Å². The molecule has 0 spiro atoms. The summed E-state index contributed by atoms with van der Waals surface area (Å²) in [4.78, 5) is 10.5. The summed E-state index contributed by atoms with van der Waals surface area (Å²) in [6.07, 6.45) is 2.85. The second kappa shape index (κ2) is 3.58. The smallest absolute Gasteiger partial charge is 0.123 e. The summed E-state index contributed by atoms with van der Waals surface area (Å²) < 4.78 is 0. The Morgan fingerprint density at radius 3 is 2.69 bits per heavy atom. The van der Waals surface area contributed by atoms with Crippen molar-refractivity contribution in [3.63, 3.8) is 0 Å². The Kier molecular flexibility index (Phi) is 2.86. The minimum Gasteiger partial charge on any atom is -0.390 e. The van der Waals surface area contributed by atoms with Gasteiger partial charge in [0.05, 0.1) is 5.60 Å². The fraction of sp³-hybridized carbons (Fsp3) is 0.800. The number of aliphatic hydroxyl groups is 1. The van der Waals surface area contributed by atoms with Crippen molar-refractivity contribution in [2.45, 2.75) is 38.7 Å². The van der Waals surface area contributed by atoms with Crippen molar-refractivity contribution in [1.29, 1.82) is 5.41 Å². The van der Waals surface area contributed by atoms with Gasteiger partial charge in [0.2, 0.25) is 0 Å². The summed E-state index contributed by atoms with van der Waals surface area (Å²) >= 11 is 0. The van der Waals surface area contributed by atoms with Gasteiger partial charge in [-0.3, -0.25) is 0 Å². The van der Waals surface area contributed by atoms with Crippen molar-refractivity contribution in [2.24, 2.45) is 11.8 Å². The number of carbonyl (C=O) groups is 1. The SMILES string of the molecule is CC(C)(O)C[C@@H]1CC(C=O)CC1=N. The van der Waals surface area contributed by atoms with E-state index in [-0.39, 0.29) is 11.8 Å². The Balaban J connectivity index is 2.53. The number of hydrogen-bond donors (Lipinski definition) is 2. The Morgan fingerprint density at radius 1 is 1.69 bits per heavy atom. The average molecular weight is 183 g/mol. The van der Waals surface area contributed by atoms with Gasteiger partial charge < -0.3 is 15.3 Å². The largest absolute Gasteiger partial charge is 0.390 e. The highest BCUT2D eigenvalue weighted by atomic mass is 16.3. The summed E-state index contributed by atoms with van der Waals surface area (Å²) in [5.74, 6) is 0.120. The lowest BCUT2D eigenvalue weighted by Gasteiger charge is -2.21. The first-order valence-corrected chi connectivity index (χ1v) is 4.67. The monoisotopic (exact) mass is 183 g/mol. The summed E-state index contributed by atoms with van der Waals surface area (Å²) in [6.45, 7) is 3.49. The topological polar surface area (TPSA) is 61.1 Å². The van der Waals surface area contributed by atoms with Crippen molar-refractivity contribution in [1.82, 2.24) is 0 Å². The third-order valence-corrected chi connectivity index (χ3v) is 2.50. The summed E-state index contributed by atoms with van der Waals surface area (Å²) in [6, 6.07) is 0. The van der Waals surface area contributed by atoms with E-state index >= 15 is 0 Å². The molecule has 13 heavy (non-hydrogen) atoms. The standard InChI is InChI=1S/C10H17NO2/c1-10(2,13)5-8-3-7(6-12)4-9(8)11/h6-8,11,13H,3-5H2,1-2H3/t7?,8-/m0/s1. The Labute approximate surface area is 78.7 Å². The van der Waals surface area contributed by atoms with Gasteiger partial charge in [-0.15, -0.1) is 0 Å². The molecule has 2 atom stereocenters. The lowest BCUT2D eigenvalue weighted by Crippen LogP contribution is -2.24. The van der Waals surface area contributed by atoms with Crippen molar-refractivity contribution in [3.05, 3.63) is 0 Å². The number of hydrogen-bond acceptors (Lipinski definition) is 3. The molecule has 0 aliphatic heterocycles. The molecule has 0 aromatic carbocycles. The van der Waals surface area contributed by atoms with Crippen molar-refractivity contribution < 1.29 is 9.90 Å². The maximum Gasteiger partial charge on any atom is 0.123 e. The number of aldehydes is 1. The van der Waals surface area contributed by atoms with Crippen LogP contribution in [0.2, 0.25) is 0 Å². The van der Waals surface area contributed by atoms with Gasteiger partial charge in [0.15, 0.2) is 0 Å². The number of rotatable bonds is 3. The molecule has 1 aliphatic rings. The maximum atomic E-state index is 10.5. The van der Waals surface area contributed by atoms with Gasteiger partial charge in [0.1, 0.15) is 6.29 Å². The van der Waals surface area contributed by atoms with Gasteiger partial charge in [-0.25, -0.2) is 0 Å². The van der Waals surface area contributed by atoms with Crippen LogP contribution in [-0.4, -0.2) is 22.7 Å². The second-order valence-electron chi connectivity index (χ2n) is 4.57. The molecule has 1 fully saturated rings. The van der Waals surface area contributed by atoms with Crippen molar-refractivity contribution in [2.75, 3.05) is 0 Å². The van der Waals surface area contributed by atoms with Gasteiger partial charge in [0.25, 0.3) is 0 Å². The normalized spacial score (nSPS) is 29.3. The van der Waals surface area contributed by atoms with Crippen LogP contribution in [0.1, 0.15) is 33.1 Å². The van der Waals surface area contributed by atoms with E-state index in [0.29, 0.717) is 18.6 Å². The highest BCUT2D eigenvalue weighted by Gasteiger charge is 2.32. The lowest BCUT2D eigenvalue weighted by atomic mass is 9.91. The van der Waals surface area contributed by atoms with Gasteiger partial charge >= 0.3 is 0 Å². The summed E-state index contributed by atoms with van der Waals surface area (Å²) in [5.41, 5.74) is -0.103. The van der Waals surface area contributed by atoms with E-state index in [1.165, 1.54) is 0 Å². The Bertz CT molecular complexity index is 217. The molecule has 3 nitrogen and oxygen atoms in total. The van der Waals surface area contributed by atoms with Crippen LogP contribution in [0, 0.1) is 17.2 Å². The maximum absolute atomic E-state index is 10.5. The molecule has 0 aromatic rings. The number of carbonyl (C=O) groups excluding carboxylic acids is 1. The van der Waals surface area contributed by atoms with Crippen LogP contribution in [-0.2, 0) is 4.79 Å². The average Bonchev–Trinajstić information content (AvgIpc) is 2.29. The predicted octanol–water partition coefficient (Wildman–Crippen LogP) is 1.39. The second-order valence-corrected chi connectivity index (χ2v) is 4.57. The van der Waals surface area contributed by atoms with E-state index in [0.717, 1.165) is 12.7 Å². The quantitative estimate of drug-likeness (QED) is 0.649. The van der Waals surface area contributed by atoms with Crippen LogP contribution >= 0.6 is 0 Å². The molecule has 0 radical (unpaired) electrons. The molecule has 1 rings (SSSR count). The minimum atomic E-state index is -0.727. The molecule has 74 valence electrons. The van der Waals surface area contributed by atoms with E-state index < -0.39 is 5.60 Å².